The molecule has 0 bridgehead atoms. The number of allylic oxidation sites excluding steroid dienone is 4. The highest BCUT2D eigenvalue weighted by Gasteiger charge is 2.65. The quantitative estimate of drug-likeness (QED) is 0.351. The van der Waals surface area contributed by atoms with Crippen molar-refractivity contribution in [3.63, 3.8) is 0 Å². The Morgan fingerprint density at radius 1 is 1.28 bits per heavy atom. The van der Waals surface area contributed by atoms with Crippen LogP contribution in [-0.2, 0) is 15.0 Å². The number of carbonyl (C=O) groups is 2. The number of hydrogen-bond donors (Lipinski definition) is 4. The fourth-order valence-corrected chi connectivity index (χ4v) is 6.48. The summed E-state index contributed by atoms with van der Waals surface area (Å²) in [7, 11) is 0. The number of anilines is 1. The molecule has 2 fully saturated rings. The molecule has 212 valence electrons. The van der Waals surface area contributed by atoms with Gasteiger partial charge < -0.3 is 21.1 Å². The molecule has 0 aromatic heterocycles. The highest BCUT2D eigenvalue weighted by molar-refractivity contribution is 6.29. The first-order chi connectivity index (χ1) is 18.4. The van der Waals surface area contributed by atoms with Gasteiger partial charge in [-0.05, 0) is 66.9 Å². The van der Waals surface area contributed by atoms with Crippen molar-refractivity contribution in [1.29, 1.82) is 0 Å². The lowest BCUT2D eigenvalue weighted by molar-refractivity contribution is -0.125. The molecule has 2 amide bonds. The number of rotatable bonds is 7. The molecule has 1 aromatic carbocycles. The molecule has 1 saturated carbocycles. The van der Waals surface area contributed by atoms with E-state index in [0.717, 1.165) is 0 Å². The first kappa shape index (κ1) is 29.4. The first-order valence-electron chi connectivity index (χ1n) is 13.5. The van der Waals surface area contributed by atoms with Crippen LogP contribution in [0.1, 0.15) is 58.4 Å². The van der Waals surface area contributed by atoms with Crippen LogP contribution in [0.2, 0.25) is 0 Å². The summed E-state index contributed by atoms with van der Waals surface area (Å²) in [5, 5.41) is 19.4. The molecule has 3 aliphatic rings. The Balaban J connectivity index is 1.81. The summed E-state index contributed by atoms with van der Waals surface area (Å²) in [5.74, 6) is -1.77. The average Bonchev–Trinajstić information content (AvgIpc) is 3.34. The minimum absolute atomic E-state index is 0.0112. The molecule has 1 aromatic rings. The molecule has 2 aliphatic heterocycles. The zero-order valence-corrected chi connectivity index (χ0v) is 23.5. The van der Waals surface area contributed by atoms with Gasteiger partial charge in [-0.2, -0.15) is 0 Å². The number of nitrogens with one attached hydrogen (secondary N) is 3. The predicted octanol–water partition coefficient (Wildman–Crippen LogP) is 5.03. The Morgan fingerprint density at radius 2 is 1.97 bits per heavy atom. The molecule has 6 nitrogen and oxygen atoms in total. The number of alkyl halides is 1. The lowest BCUT2D eigenvalue weighted by Crippen LogP contribution is -2.51. The van der Waals surface area contributed by atoms with Gasteiger partial charge in [0, 0.05) is 28.7 Å². The summed E-state index contributed by atoms with van der Waals surface area (Å²) in [6.45, 7) is 9.64. The van der Waals surface area contributed by atoms with Gasteiger partial charge in [-0.3, -0.25) is 9.59 Å². The fraction of sp³-hybridized carbons (Fsp3) is 0.533. The Labute approximate surface area is 234 Å². The van der Waals surface area contributed by atoms with E-state index in [2.05, 4.69) is 43.3 Å². The highest BCUT2D eigenvalue weighted by Crippen LogP contribution is 2.54. The molecular formula is C30H38ClF2N3O3. The predicted molar refractivity (Wildman–Crippen MR) is 150 cm³/mol. The van der Waals surface area contributed by atoms with Gasteiger partial charge in [0.25, 0.3) is 0 Å². The topological polar surface area (TPSA) is 90.5 Å². The molecule has 1 saturated heterocycles. The van der Waals surface area contributed by atoms with Gasteiger partial charge in [-0.1, -0.05) is 57.2 Å². The van der Waals surface area contributed by atoms with Crippen molar-refractivity contribution in [2.24, 2.45) is 11.3 Å². The lowest BCUT2D eigenvalue weighted by atomic mass is 9.62. The molecule has 1 aliphatic carbocycles. The smallest absolute Gasteiger partial charge is 0.238 e. The fourth-order valence-electron chi connectivity index (χ4n) is 6.41. The van der Waals surface area contributed by atoms with Crippen molar-refractivity contribution < 1.29 is 23.5 Å². The van der Waals surface area contributed by atoms with Crippen molar-refractivity contribution in [3.8, 4) is 0 Å². The molecular weight excluding hydrogens is 524 g/mol. The SMILES string of the molecule is C=C(/C=C\C=C(\Cl)CF)[C@H]1[C@H](C(=O)NC2CCC(O)CC2)N[C@H](CC(C)(C)C)[C@]12C(=O)Nc1cc(F)ccc12. The third-order valence-corrected chi connectivity index (χ3v) is 8.29. The molecule has 0 radical (unpaired) electrons. The molecule has 1 spiro atoms. The number of hydrogen-bond acceptors (Lipinski definition) is 4. The van der Waals surface area contributed by atoms with Gasteiger partial charge in [-0.25, -0.2) is 8.78 Å². The maximum absolute atomic E-state index is 14.2. The van der Waals surface area contributed by atoms with Crippen LogP contribution in [-0.4, -0.2) is 47.8 Å². The summed E-state index contributed by atoms with van der Waals surface area (Å²) >= 11 is 5.84. The van der Waals surface area contributed by atoms with E-state index in [1.165, 1.54) is 18.2 Å². The van der Waals surface area contributed by atoms with Crippen molar-refractivity contribution in [2.45, 2.75) is 82.5 Å². The van der Waals surface area contributed by atoms with Crippen molar-refractivity contribution >= 4 is 29.1 Å². The van der Waals surface area contributed by atoms with E-state index in [1.807, 2.05) is 0 Å². The first-order valence-corrected chi connectivity index (χ1v) is 13.9. The third-order valence-electron chi connectivity index (χ3n) is 8.06. The van der Waals surface area contributed by atoms with Crippen LogP contribution in [0, 0.1) is 17.2 Å². The monoisotopic (exact) mass is 561 g/mol. The van der Waals surface area contributed by atoms with E-state index in [-0.39, 0.29) is 34.4 Å². The minimum atomic E-state index is -1.24. The lowest BCUT2D eigenvalue weighted by Gasteiger charge is -2.38. The number of fused-ring (bicyclic) bond motifs is 2. The molecule has 39 heavy (non-hydrogen) atoms. The average molecular weight is 562 g/mol. The van der Waals surface area contributed by atoms with Gasteiger partial charge in [0.15, 0.2) is 0 Å². The van der Waals surface area contributed by atoms with Gasteiger partial charge in [0.05, 0.1) is 12.1 Å². The molecule has 0 unspecified atom stereocenters. The van der Waals surface area contributed by atoms with E-state index in [4.69, 9.17) is 11.6 Å². The summed E-state index contributed by atoms with van der Waals surface area (Å²) in [6, 6.07) is 2.88. The highest BCUT2D eigenvalue weighted by atomic mass is 35.5. The summed E-state index contributed by atoms with van der Waals surface area (Å²) in [6.07, 6.45) is 7.37. The minimum Gasteiger partial charge on any atom is -0.393 e. The van der Waals surface area contributed by atoms with Crippen molar-refractivity contribution in [2.75, 3.05) is 12.0 Å². The van der Waals surface area contributed by atoms with Crippen molar-refractivity contribution in [1.82, 2.24) is 10.6 Å². The third kappa shape index (κ3) is 5.98. The van der Waals surface area contributed by atoms with Gasteiger partial charge in [0.2, 0.25) is 11.8 Å². The van der Waals surface area contributed by atoms with Crippen LogP contribution in [0.15, 0.2) is 53.6 Å². The Kier molecular flexibility index (Phi) is 8.69. The van der Waals surface area contributed by atoms with Crippen LogP contribution < -0.4 is 16.0 Å². The zero-order chi connectivity index (χ0) is 28.5. The van der Waals surface area contributed by atoms with Gasteiger partial charge in [-0.15, -0.1) is 0 Å². The van der Waals surface area contributed by atoms with E-state index in [9.17, 15) is 23.5 Å². The second kappa shape index (κ2) is 11.5. The largest absolute Gasteiger partial charge is 0.393 e. The molecule has 4 atom stereocenters. The second-order valence-corrected chi connectivity index (χ2v) is 12.6. The maximum Gasteiger partial charge on any atom is 0.238 e. The second-order valence-electron chi connectivity index (χ2n) is 12.1. The summed E-state index contributed by atoms with van der Waals surface area (Å²) in [4.78, 5) is 27.9. The Hall–Kier alpha value is -2.55. The summed E-state index contributed by atoms with van der Waals surface area (Å²) < 4.78 is 27.1. The van der Waals surface area contributed by atoms with Crippen LogP contribution in [0.4, 0.5) is 14.5 Å². The van der Waals surface area contributed by atoms with Gasteiger partial charge >= 0.3 is 0 Å². The maximum atomic E-state index is 14.2. The number of benzene rings is 1. The van der Waals surface area contributed by atoms with Gasteiger partial charge in [0.1, 0.15) is 17.9 Å². The van der Waals surface area contributed by atoms with Crippen LogP contribution in [0.3, 0.4) is 0 Å². The standard InChI is InChI=1S/C30H38ClF2N3O3/c1-17(6-5-7-18(31)16-32)25-26(27(38)34-20-9-11-21(37)12-10-20)36-24(15-29(2,3)4)30(25)22-13-8-19(33)14-23(22)35-28(30)39/h5-8,13-14,20-21,24-26,36-37H,1,9-12,15-16H2,2-4H3,(H,34,38)(H,35,39)/b6-5-,18-7+/t20?,21?,24-,25+,26-,30+/m1/s1. The van der Waals surface area contributed by atoms with Crippen LogP contribution in [0.25, 0.3) is 0 Å². The zero-order valence-electron chi connectivity index (χ0n) is 22.7. The normalized spacial score (nSPS) is 31.0. The molecule has 4 rings (SSSR count). The molecule has 9 heteroatoms. The van der Waals surface area contributed by atoms with E-state index in [0.29, 0.717) is 48.9 Å². The number of amides is 2. The number of halogens is 3. The van der Waals surface area contributed by atoms with Crippen LogP contribution >= 0.6 is 11.6 Å². The van der Waals surface area contributed by atoms with Crippen molar-refractivity contribution in [3.05, 3.63) is 65.0 Å². The number of carbonyl (C=O) groups excluding carboxylic acids is 2. The van der Waals surface area contributed by atoms with E-state index >= 15 is 0 Å². The van der Waals surface area contributed by atoms with Crippen LogP contribution in [0.5, 0.6) is 0 Å². The summed E-state index contributed by atoms with van der Waals surface area (Å²) in [5.41, 5.74) is 0.0345. The number of aliphatic hydroxyl groups excluding tert-OH is 1. The molecule has 2 heterocycles. The molecule has 4 N–H and O–H groups in total. The van der Waals surface area contributed by atoms with E-state index in [1.54, 1.807) is 18.2 Å². The number of aliphatic hydroxyl groups is 1. The van der Waals surface area contributed by atoms with E-state index < -0.39 is 35.9 Å². The Bertz CT molecular complexity index is 1190. The Morgan fingerprint density at radius 3 is 2.62 bits per heavy atom.